The van der Waals surface area contributed by atoms with E-state index in [2.05, 4.69) is 19.9 Å². The largest absolute Gasteiger partial charge is 0.601 e. The van der Waals surface area contributed by atoms with Crippen molar-refractivity contribution in [3.05, 3.63) is 36.9 Å². The van der Waals surface area contributed by atoms with Crippen LogP contribution < -0.4 is 0 Å². The highest BCUT2D eigenvalue weighted by Gasteiger charge is 2.20. The van der Waals surface area contributed by atoms with E-state index in [4.69, 9.17) is 0 Å². The quantitative estimate of drug-likeness (QED) is 0.526. The molecule has 70 valence electrons. The van der Waals surface area contributed by atoms with Crippen LogP contribution in [0.4, 0.5) is 0 Å². The molecule has 0 aliphatic rings. The van der Waals surface area contributed by atoms with Crippen molar-refractivity contribution < 1.29 is 4.55 Å². The third-order valence-corrected chi connectivity index (χ3v) is 2.50. The van der Waals surface area contributed by atoms with Crippen LogP contribution in [0.2, 0.25) is 0 Å². The third kappa shape index (κ3) is 1.86. The predicted octanol–water partition coefficient (Wildman–Crippen LogP) is 0.433. The van der Waals surface area contributed by atoms with E-state index in [1.807, 2.05) is 0 Å². The van der Waals surface area contributed by atoms with Gasteiger partial charge in [0.15, 0.2) is 0 Å². The average molecular weight is 206 g/mol. The molecule has 5 nitrogen and oxygen atoms in total. The molecule has 0 aliphatic carbocycles. The Labute approximate surface area is 83.5 Å². The number of rotatable bonds is 2. The highest BCUT2D eigenvalue weighted by atomic mass is 32.2. The van der Waals surface area contributed by atoms with Crippen molar-refractivity contribution in [3.8, 4) is 0 Å². The van der Waals surface area contributed by atoms with E-state index < -0.39 is 11.2 Å². The minimum absolute atomic E-state index is 0.221. The molecule has 0 spiro atoms. The Balaban J connectivity index is 2.30. The SMILES string of the molecule is [O-][S+](c1ncccn1)c1ncccn1. The molecule has 2 aromatic rings. The van der Waals surface area contributed by atoms with Gasteiger partial charge in [0.2, 0.25) is 0 Å². The zero-order valence-corrected chi connectivity index (χ0v) is 7.89. The first kappa shape index (κ1) is 9.04. The second-order valence-electron chi connectivity index (χ2n) is 2.33. The van der Waals surface area contributed by atoms with Gasteiger partial charge in [-0.3, -0.25) is 0 Å². The Kier molecular flexibility index (Phi) is 2.66. The Morgan fingerprint density at radius 2 is 1.14 bits per heavy atom. The van der Waals surface area contributed by atoms with Crippen LogP contribution >= 0.6 is 0 Å². The fraction of sp³-hybridized carbons (Fsp3) is 0. The maximum atomic E-state index is 11.7. The van der Waals surface area contributed by atoms with Crippen LogP contribution in [0.15, 0.2) is 47.2 Å². The molecule has 0 aromatic carbocycles. The summed E-state index contributed by atoms with van der Waals surface area (Å²) in [5.41, 5.74) is 0. The fourth-order valence-electron chi connectivity index (χ4n) is 0.844. The summed E-state index contributed by atoms with van der Waals surface area (Å²) < 4.78 is 11.7. The second-order valence-corrected chi connectivity index (χ2v) is 3.60. The summed E-state index contributed by atoms with van der Waals surface area (Å²) in [6, 6.07) is 3.32. The lowest BCUT2D eigenvalue weighted by molar-refractivity contribution is 0.576. The van der Waals surface area contributed by atoms with Crippen molar-refractivity contribution in [1.29, 1.82) is 0 Å². The van der Waals surface area contributed by atoms with E-state index in [9.17, 15) is 4.55 Å². The molecule has 0 radical (unpaired) electrons. The number of hydrogen-bond donors (Lipinski definition) is 0. The van der Waals surface area contributed by atoms with Gasteiger partial charge in [-0.15, -0.1) is 0 Å². The molecule has 0 amide bonds. The molecule has 0 unspecified atom stereocenters. The first-order valence-electron chi connectivity index (χ1n) is 3.84. The maximum absolute atomic E-state index is 11.7. The number of hydrogen-bond acceptors (Lipinski definition) is 5. The molecule has 2 aromatic heterocycles. The van der Waals surface area contributed by atoms with Crippen molar-refractivity contribution in [2.24, 2.45) is 0 Å². The summed E-state index contributed by atoms with van der Waals surface area (Å²) in [5.74, 6) is 0. The van der Waals surface area contributed by atoms with Gasteiger partial charge in [-0.05, 0) is 12.1 Å². The number of nitrogens with zero attached hydrogens (tertiary/aromatic N) is 4. The van der Waals surface area contributed by atoms with Crippen molar-refractivity contribution in [2.45, 2.75) is 10.3 Å². The Morgan fingerprint density at radius 1 is 0.786 bits per heavy atom. The minimum atomic E-state index is -1.49. The van der Waals surface area contributed by atoms with Crippen molar-refractivity contribution in [2.75, 3.05) is 0 Å². The zero-order chi connectivity index (χ0) is 9.80. The minimum Gasteiger partial charge on any atom is -0.601 e. The standard InChI is InChI=1S/C8H6N4OS/c13-14(7-9-3-1-4-10-7)8-11-5-2-6-12-8/h1-6H. The number of aromatic nitrogens is 4. The van der Waals surface area contributed by atoms with Gasteiger partial charge in [0.05, 0.1) is 0 Å². The topological polar surface area (TPSA) is 74.6 Å². The van der Waals surface area contributed by atoms with Gasteiger partial charge in [0, 0.05) is 24.8 Å². The molecule has 0 bridgehead atoms. The van der Waals surface area contributed by atoms with E-state index in [0.29, 0.717) is 0 Å². The molecule has 0 fully saturated rings. The molecular weight excluding hydrogens is 200 g/mol. The van der Waals surface area contributed by atoms with Crippen LogP contribution in [-0.4, -0.2) is 24.5 Å². The van der Waals surface area contributed by atoms with Gasteiger partial charge in [-0.25, -0.2) is 0 Å². The van der Waals surface area contributed by atoms with Crippen LogP contribution in [0, 0.1) is 0 Å². The smallest absolute Gasteiger partial charge is 0.351 e. The molecular formula is C8H6N4OS. The summed E-state index contributed by atoms with van der Waals surface area (Å²) in [6.45, 7) is 0. The van der Waals surface area contributed by atoms with Gasteiger partial charge in [0.25, 0.3) is 0 Å². The van der Waals surface area contributed by atoms with Crippen LogP contribution in [0.25, 0.3) is 0 Å². The van der Waals surface area contributed by atoms with Crippen molar-refractivity contribution in [1.82, 2.24) is 19.9 Å². The fourth-order valence-corrected chi connectivity index (χ4v) is 1.63. The lowest BCUT2D eigenvalue weighted by Crippen LogP contribution is -2.09. The van der Waals surface area contributed by atoms with Gasteiger partial charge >= 0.3 is 10.3 Å². The molecule has 0 saturated carbocycles. The van der Waals surface area contributed by atoms with Crippen LogP contribution in [0.1, 0.15) is 0 Å². The van der Waals surface area contributed by atoms with Gasteiger partial charge in [-0.2, -0.15) is 19.9 Å². The molecule has 14 heavy (non-hydrogen) atoms. The first-order chi connectivity index (χ1) is 6.88. The summed E-state index contributed by atoms with van der Waals surface area (Å²) in [7, 11) is 0. The summed E-state index contributed by atoms with van der Waals surface area (Å²) in [4.78, 5) is 15.5. The lowest BCUT2D eigenvalue weighted by Gasteiger charge is -2.03. The van der Waals surface area contributed by atoms with E-state index in [0.717, 1.165) is 0 Å². The molecule has 0 saturated heterocycles. The Bertz CT molecular complexity index is 357. The second kappa shape index (κ2) is 4.12. The molecule has 0 N–H and O–H groups in total. The summed E-state index contributed by atoms with van der Waals surface area (Å²) >= 11 is -1.49. The molecule has 0 aliphatic heterocycles. The maximum Gasteiger partial charge on any atom is 0.351 e. The first-order valence-corrected chi connectivity index (χ1v) is 4.99. The monoisotopic (exact) mass is 206 g/mol. The molecule has 6 heteroatoms. The summed E-state index contributed by atoms with van der Waals surface area (Å²) in [6.07, 6.45) is 6.12. The average Bonchev–Trinajstić information content (AvgIpc) is 2.30. The Hall–Kier alpha value is -1.53. The third-order valence-electron chi connectivity index (χ3n) is 1.42. The summed E-state index contributed by atoms with van der Waals surface area (Å²) in [5, 5.41) is 0.442. The van der Waals surface area contributed by atoms with Gasteiger partial charge < -0.3 is 4.55 Å². The van der Waals surface area contributed by atoms with Crippen LogP contribution in [0.5, 0.6) is 0 Å². The van der Waals surface area contributed by atoms with Crippen molar-refractivity contribution >= 4 is 11.2 Å². The van der Waals surface area contributed by atoms with E-state index in [1.165, 1.54) is 24.8 Å². The van der Waals surface area contributed by atoms with E-state index in [1.54, 1.807) is 12.1 Å². The molecule has 2 rings (SSSR count). The predicted molar refractivity (Wildman–Crippen MR) is 48.7 cm³/mol. The zero-order valence-electron chi connectivity index (χ0n) is 7.07. The van der Waals surface area contributed by atoms with Gasteiger partial charge in [0.1, 0.15) is 11.2 Å². The van der Waals surface area contributed by atoms with E-state index in [-0.39, 0.29) is 10.3 Å². The van der Waals surface area contributed by atoms with Crippen LogP contribution in [-0.2, 0) is 11.2 Å². The van der Waals surface area contributed by atoms with E-state index >= 15 is 0 Å². The highest BCUT2D eigenvalue weighted by molar-refractivity contribution is 7.91. The van der Waals surface area contributed by atoms with Crippen LogP contribution in [0.3, 0.4) is 0 Å². The molecule has 0 atom stereocenters. The highest BCUT2D eigenvalue weighted by Crippen LogP contribution is 2.10. The molecule has 2 heterocycles. The Morgan fingerprint density at radius 3 is 1.50 bits per heavy atom. The van der Waals surface area contributed by atoms with Gasteiger partial charge in [-0.1, -0.05) is 0 Å². The normalized spacial score (nSPS) is 10.4. The lowest BCUT2D eigenvalue weighted by atomic mass is 10.7. The van der Waals surface area contributed by atoms with Crippen molar-refractivity contribution in [3.63, 3.8) is 0 Å².